The first-order valence-corrected chi connectivity index (χ1v) is 8.96. The number of fused-ring (bicyclic) bond motifs is 1. The van der Waals surface area contributed by atoms with Crippen molar-refractivity contribution in [1.82, 2.24) is 10.2 Å². The zero-order chi connectivity index (χ0) is 16.2. The highest BCUT2D eigenvalue weighted by molar-refractivity contribution is 8.14. The fourth-order valence-corrected chi connectivity index (χ4v) is 3.80. The minimum atomic E-state index is -0.223. The van der Waals surface area contributed by atoms with Gasteiger partial charge >= 0.3 is 0 Å². The van der Waals surface area contributed by atoms with Crippen LogP contribution in [0.2, 0.25) is 0 Å². The number of carbonyl (C=O) groups excluding carboxylic acids is 3. The van der Waals surface area contributed by atoms with Gasteiger partial charge in [0.25, 0.3) is 5.24 Å². The van der Waals surface area contributed by atoms with Crippen molar-refractivity contribution in [2.24, 2.45) is 0 Å². The van der Waals surface area contributed by atoms with E-state index in [1.807, 2.05) is 6.07 Å². The molecule has 1 aliphatic carbocycles. The number of amides is 3. The van der Waals surface area contributed by atoms with E-state index >= 15 is 0 Å². The summed E-state index contributed by atoms with van der Waals surface area (Å²) in [5.41, 5.74) is 3.79. The lowest BCUT2D eigenvalue weighted by molar-refractivity contribution is -0.125. The van der Waals surface area contributed by atoms with Gasteiger partial charge in [0.15, 0.2) is 0 Å². The Morgan fingerprint density at radius 1 is 1.17 bits per heavy atom. The Morgan fingerprint density at radius 3 is 2.70 bits per heavy atom. The minimum Gasteiger partial charge on any atom is -0.354 e. The Bertz CT molecular complexity index is 629. The summed E-state index contributed by atoms with van der Waals surface area (Å²) in [6, 6.07) is 6.29. The fraction of sp³-hybridized carbons (Fsp3) is 0.471. The second-order valence-corrected chi connectivity index (χ2v) is 6.86. The van der Waals surface area contributed by atoms with Gasteiger partial charge < -0.3 is 5.32 Å². The standard InChI is InChI=1S/C17H20N2O3S/c20-15(18-7-8-19-16(21)11-23-17(19)22)10-12-5-6-13-3-1-2-4-14(13)9-12/h5-6,9H,1-4,7-8,10-11H2,(H,18,20). The van der Waals surface area contributed by atoms with Gasteiger partial charge in [-0.2, -0.15) is 0 Å². The van der Waals surface area contributed by atoms with Crippen molar-refractivity contribution in [1.29, 1.82) is 0 Å². The average molecular weight is 332 g/mol. The molecular weight excluding hydrogens is 312 g/mol. The number of imide groups is 1. The fourth-order valence-electron chi connectivity index (χ4n) is 3.05. The third-order valence-corrected chi connectivity index (χ3v) is 5.13. The van der Waals surface area contributed by atoms with Crippen LogP contribution in [0.15, 0.2) is 18.2 Å². The lowest BCUT2D eigenvalue weighted by atomic mass is 9.90. The van der Waals surface area contributed by atoms with E-state index in [-0.39, 0.29) is 29.4 Å². The van der Waals surface area contributed by atoms with Crippen LogP contribution < -0.4 is 5.32 Å². The number of thioether (sulfide) groups is 1. The van der Waals surface area contributed by atoms with Crippen molar-refractivity contribution >= 4 is 28.8 Å². The number of aryl methyl sites for hydroxylation is 2. The molecule has 3 amide bonds. The Hall–Kier alpha value is -1.82. The lowest BCUT2D eigenvalue weighted by Gasteiger charge is -2.17. The van der Waals surface area contributed by atoms with Gasteiger partial charge in [-0.15, -0.1) is 0 Å². The van der Waals surface area contributed by atoms with E-state index in [2.05, 4.69) is 17.4 Å². The maximum absolute atomic E-state index is 12.0. The zero-order valence-electron chi connectivity index (χ0n) is 13.0. The summed E-state index contributed by atoms with van der Waals surface area (Å²) < 4.78 is 0. The molecule has 0 aromatic heterocycles. The first kappa shape index (κ1) is 16.1. The smallest absolute Gasteiger partial charge is 0.288 e. The van der Waals surface area contributed by atoms with Crippen molar-refractivity contribution < 1.29 is 14.4 Å². The van der Waals surface area contributed by atoms with E-state index in [0.717, 1.165) is 30.2 Å². The second-order valence-electron chi connectivity index (χ2n) is 5.94. The summed E-state index contributed by atoms with van der Waals surface area (Å²) in [5.74, 6) is -0.0431. The normalized spacial score (nSPS) is 17.3. The van der Waals surface area contributed by atoms with E-state index in [1.165, 1.54) is 28.9 Å². The first-order valence-electron chi connectivity index (χ1n) is 7.98. The Kier molecular flexibility index (Phi) is 5.00. The van der Waals surface area contributed by atoms with E-state index in [4.69, 9.17) is 0 Å². The molecule has 2 aliphatic rings. The Balaban J connectivity index is 1.48. The topological polar surface area (TPSA) is 66.5 Å². The molecule has 1 fully saturated rings. The van der Waals surface area contributed by atoms with Crippen LogP contribution in [0.5, 0.6) is 0 Å². The number of rotatable bonds is 5. The largest absolute Gasteiger partial charge is 0.354 e. The Morgan fingerprint density at radius 2 is 1.96 bits per heavy atom. The van der Waals surface area contributed by atoms with Crippen molar-refractivity contribution in [3.8, 4) is 0 Å². The summed E-state index contributed by atoms with van der Waals surface area (Å²) in [6.45, 7) is 0.558. The van der Waals surface area contributed by atoms with Gasteiger partial charge in [0.1, 0.15) is 0 Å². The predicted octanol–water partition coefficient (Wildman–Crippen LogP) is 1.92. The number of benzene rings is 1. The minimum absolute atomic E-state index is 0.0764. The molecule has 0 atom stereocenters. The predicted molar refractivity (Wildman–Crippen MR) is 89.4 cm³/mol. The Labute approximate surface area is 139 Å². The van der Waals surface area contributed by atoms with Crippen molar-refractivity contribution in [2.45, 2.75) is 32.1 Å². The highest BCUT2D eigenvalue weighted by Gasteiger charge is 2.29. The highest BCUT2D eigenvalue weighted by atomic mass is 32.2. The third kappa shape index (κ3) is 3.93. The number of nitrogens with one attached hydrogen (secondary N) is 1. The molecular formula is C17H20N2O3S. The monoisotopic (exact) mass is 332 g/mol. The second kappa shape index (κ2) is 7.17. The lowest BCUT2D eigenvalue weighted by Crippen LogP contribution is -2.37. The molecule has 0 radical (unpaired) electrons. The average Bonchev–Trinajstić information content (AvgIpc) is 2.86. The van der Waals surface area contributed by atoms with Gasteiger partial charge in [-0.1, -0.05) is 30.0 Å². The summed E-state index contributed by atoms with van der Waals surface area (Å²) in [7, 11) is 0. The summed E-state index contributed by atoms with van der Waals surface area (Å²) in [5, 5.41) is 2.56. The molecule has 0 bridgehead atoms. The van der Waals surface area contributed by atoms with Crippen molar-refractivity contribution in [2.75, 3.05) is 18.8 Å². The molecule has 1 aromatic carbocycles. The quantitative estimate of drug-likeness (QED) is 0.894. The molecule has 5 nitrogen and oxygen atoms in total. The molecule has 23 heavy (non-hydrogen) atoms. The van der Waals surface area contributed by atoms with Gasteiger partial charge in [0, 0.05) is 13.1 Å². The number of hydrogen-bond donors (Lipinski definition) is 1. The molecule has 1 saturated heterocycles. The van der Waals surface area contributed by atoms with E-state index in [9.17, 15) is 14.4 Å². The van der Waals surface area contributed by atoms with Crippen LogP contribution in [0.1, 0.15) is 29.5 Å². The van der Waals surface area contributed by atoms with Crippen LogP contribution in [0.4, 0.5) is 4.79 Å². The highest BCUT2D eigenvalue weighted by Crippen LogP contribution is 2.22. The van der Waals surface area contributed by atoms with Crippen LogP contribution in [0.25, 0.3) is 0 Å². The van der Waals surface area contributed by atoms with Gasteiger partial charge in [-0.25, -0.2) is 0 Å². The van der Waals surface area contributed by atoms with Crippen LogP contribution in [0, 0.1) is 0 Å². The summed E-state index contributed by atoms with van der Waals surface area (Å²) in [4.78, 5) is 36.1. The molecule has 0 saturated carbocycles. The van der Waals surface area contributed by atoms with Gasteiger partial charge in [0.05, 0.1) is 12.2 Å². The van der Waals surface area contributed by atoms with Gasteiger partial charge in [-0.3, -0.25) is 19.3 Å². The summed E-state index contributed by atoms with van der Waals surface area (Å²) >= 11 is 1.01. The van der Waals surface area contributed by atoms with E-state index in [0.29, 0.717) is 13.0 Å². The molecule has 3 rings (SSSR count). The molecule has 1 N–H and O–H groups in total. The van der Waals surface area contributed by atoms with E-state index < -0.39 is 0 Å². The number of carbonyl (C=O) groups is 3. The molecule has 1 aliphatic heterocycles. The summed E-state index contributed by atoms with van der Waals surface area (Å²) in [6.07, 6.45) is 5.04. The number of nitrogens with zero attached hydrogens (tertiary/aromatic N) is 1. The maximum Gasteiger partial charge on any atom is 0.288 e. The SMILES string of the molecule is O=C(Cc1ccc2c(c1)CCCC2)NCCN1C(=O)CSC1=O. The number of hydrogen-bond acceptors (Lipinski definition) is 4. The van der Waals surface area contributed by atoms with Crippen LogP contribution in [-0.4, -0.2) is 40.8 Å². The van der Waals surface area contributed by atoms with Crippen LogP contribution >= 0.6 is 11.8 Å². The van der Waals surface area contributed by atoms with Crippen LogP contribution in [0.3, 0.4) is 0 Å². The maximum atomic E-state index is 12.0. The first-order chi connectivity index (χ1) is 11.1. The molecule has 6 heteroatoms. The molecule has 1 aromatic rings. The van der Waals surface area contributed by atoms with Gasteiger partial charge in [-0.05, 0) is 42.4 Å². The van der Waals surface area contributed by atoms with E-state index in [1.54, 1.807) is 0 Å². The third-order valence-electron chi connectivity index (χ3n) is 4.28. The molecule has 1 heterocycles. The molecule has 122 valence electrons. The van der Waals surface area contributed by atoms with Crippen LogP contribution in [-0.2, 0) is 28.9 Å². The van der Waals surface area contributed by atoms with Crippen molar-refractivity contribution in [3.05, 3.63) is 34.9 Å². The molecule has 0 unspecified atom stereocenters. The van der Waals surface area contributed by atoms with Crippen molar-refractivity contribution in [3.63, 3.8) is 0 Å². The zero-order valence-corrected chi connectivity index (χ0v) is 13.8. The molecule has 0 spiro atoms. The van der Waals surface area contributed by atoms with Gasteiger partial charge in [0.2, 0.25) is 11.8 Å².